The normalized spacial score (nSPS) is 16.3. The predicted octanol–water partition coefficient (Wildman–Crippen LogP) is 5.59. The van der Waals surface area contributed by atoms with Gasteiger partial charge in [0.25, 0.3) is 11.8 Å². The standard InChI is InChI=1S/C28H27N5O3S2/c1-18-16-23(34)33(28(18)35)31-26-24-21(17-38-27(24)30-25(29-26)22-6-5-15-37-22)19-7-9-20(10-8-19)36-14-13-32-11-3-2-4-12-32/h5-10,15-17H,2-4,11-14H2,1H3,(H,29,30,31). The molecule has 4 aromatic rings. The zero-order valence-corrected chi connectivity index (χ0v) is 22.6. The van der Waals surface area contributed by atoms with Gasteiger partial charge in [-0.3, -0.25) is 19.9 Å². The van der Waals surface area contributed by atoms with Crippen LogP contribution in [-0.4, -0.2) is 57.9 Å². The molecular weight excluding hydrogens is 518 g/mol. The molecule has 38 heavy (non-hydrogen) atoms. The zero-order valence-electron chi connectivity index (χ0n) is 21.0. The molecule has 10 heteroatoms. The molecule has 1 aromatic carbocycles. The van der Waals surface area contributed by atoms with Gasteiger partial charge < -0.3 is 4.74 Å². The highest BCUT2D eigenvalue weighted by Crippen LogP contribution is 2.39. The number of fused-ring (bicyclic) bond motifs is 1. The molecule has 2 amide bonds. The van der Waals surface area contributed by atoms with Gasteiger partial charge in [-0.1, -0.05) is 24.6 Å². The lowest BCUT2D eigenvalue weighted by atomic mass is 10.1. The Kier molecular flexibility index (Phi) is 6.92. The van der Waals surface area contributed by atoms with Crippen LogP contribution in [0.2, 0.25) is 0 Å². The van der Waals surface area contributed by atoms with Gasteiger partial charge >= 0.3 is 0 Å². The molecule has 1 N–H and O–H groups in total. The molecular formula is C28H27N5O3S2. The maximum atomic E-state index is 12.6. The number of benzene rings is 1. The van der Waals surface area contributed by atoms with E-state index in [1.807, 2.05) is 47.2 Å². The van der Waals surface area contributed by atoms with Crippen molar-refractivity contribution in [2.45, 2.75) is 26.2 Å². The Hall–Kier alpha value is -3.60. The van der Waals surface area contributed by atoms with Gasteiger partial charge in [-0.25, -0.2) is 9.97 Å². The second-order valence-corrected chi connectivity index (χ2v) is 11.2. The summed E-state index contributed by atoms with van der Waals surface area (Å²) in [7, 11) is 0. The molecule has 6 rings (SSSR count). The first-order valence-corrected chi connectivity index (χ1v) is 14.4. The monoisotopic (exact) mass is 545 g/mol. The average molecular weight is 546 g/mol. The van der Waals surface area contributed by atoms with E-state index in [0.717, 1.165) is 56.6 Å². The van der Waals surface area contributed by atoms with Gasteiger partial charge in [0.05, 0.1) is 10.3 Å². The van der Waals surface area contributed by atoms with Gasteiger partial charge in [-0.05, 0) is 62.0 Å². The van der Waals surface area contributed by atoms with E-state index in [1.54, 1.807) is 6.92 Å². The number of hydrazine groups is 1. The molecule has 0 unspecified atom stereocenters. The third kappa shape index (κ3) is 4.94. The second-order valence-electron chi connectivity index (χ2n) is 9.40. The molecule has 0 atom stereocenters. The van der Waals surface area contributed by atoms with Crippen LogP contribution in [0.15, 0.2) is 58.8 Å². The van der Waals surface area contributed by atoms with E-state index in [-0.39, 0.29) is 5.91 Å². The fourth-order valence-corrected chi connectivity index (χ4v) is 6.36. The van der Waals surface area contributed by atoms with Crippen molar-refractivity contribution in [2.75, 3.05) is 31.7 Å². The van der Waals surface area contributed by atoms with Crippen molar-refractivity contribution in [3.8, 4) is 27.6 Å². The number of carbonyl (C=O) groups excluding carboxylic acids is 2. The Morgan fingerprint density at radius 2 is 1.84 bits per heavy atom. The number of nitrogens with one attached hydrogen (secondary N) is 1. The number of likely N-dealkylation sites (tertiary alicyclic amines) is 1. The Bertz CT molecular complexity index is 1510. The highest BCUT2D eigenvalue weighted by atomic mass is 32.1. The van der Waals surface area contributed by atoms with Gasteiger partial charge in [0.1, 0.15) is 17.2 Å². The van der Waals surface area contributed by atoms with E-state index < -0.39 is 5.91 Å². The largest absolute Gasteiger partial charge is 0.492 e. The van der Waals surface area contributed by atoms with Crippen LogP contribution < -0.4 is 10.2 Å². The molecule has 0 bridgehead atoms. The van der Waals surface area contributed by atoms with Gasteiger partial charge in [0.2, 0.25) is 0 Å². The molecule has 0 radical (unpaired) electrons. The number of nitrogens with zero attached hydrogens (tertiary/aromatic N) is 4. The summed E-state index contributed by atoms with van der Waals surface area (Å²) in [6, 6.07) is 11.9. The topological polar surface area (TPSA) is 87.7 Å². The molecule has 8 nitrogen and oxygen atoms in total. The summed E-state index contributed by atoms with van der Waals surface area (Å²) in [5.74, 6) is 0.989. The maximum Gasteiger partial charge on any atom is 0.275 e. The number of anilines is 1. The van der Waals surface area contributed by atoms with Crippen molar-refractivity contribution in [1.82, 2.24) is 19.9 Å². The lowest BCUT2D eigenvalue weighted by Gasteiger charge is -2.26. The quantitative estimate of drug-likeness (QED) is 0.289. The number of hydrogen-bond donors (Lipinski definition) is 1. The minimum atomic E-state index is -0.417. The van der Waals surface area contributed by atoms with E-state index in [9.17, 15) is 9.59 Å². The van der Waals surface area contributed by atoms with Crippen LogP contribution >= 0.6 is 22.7 Å². The zero-order chi connectivity index (χ0) is 26.1. The van der Waals surface area contributed by atoms with Crippen molar-refractivity contribution in [3.63, 3.8) is 0 Å². The molecule has 0 saturated carbocycles. The summed E-state index contributed by atoms with van der Waals surface area (Å²) in [6.45, 7) is 5.55. The number of carbonyl (C=O) groups is 2. The fourth-order valence-electron chi connectivity index (χ4n) is 4.76. The minimum Gasteiger partial charge on any atom is -0.492 e. The molecule has 194 valence electrons. The van der Waals surface area contributed by atoms with Crippen molar-refractivity contribution < 1.29 is 14.3 Å². The van der Waals surface area contributed by atoms with Gasteiger partial charge in [-0.2, -0.15) is 5.01 Å². The van der Waals surface area contributed by atoms with E-state index in [0.29, 0.717) is 23.8 Å². The molecule has 2 aliphatic rings. The number of ether oxygens (including phenoxy) is 1. The van der Waals surface area contributed by atoms with Crippen LogP contribution in [0.5, 0.6) is 5.75 Å². The van der Waals surface area contributed by atoms with Crippen molar-refractivity contribution in [2.24, 2.45) is 0 Å². The second kappa shape index (κ2) is 10.6. The van der Waals surface area contributed by atoms with Crippen molar-refractivity contribution in [3.05, 3.63) is 58.8 Å². The van der Waals surface area contributed by atoms with Crippen LogP contribution in [0, 0.1) is 0 Å². The molecule has 0 aliphatic carbocycles. The van der Waals surface area contributed by atoms with Crippen molar-refractivity contribution in [1.29, 1.82) is 0 Å². The first-order chi connectivity index (χ1) is 18.6. The molecule has 3 aromatic heterocycles. The maximum absolute atomic E-state index is 12.6. The SMILES string of the molecule is CC1=CC(=O)N(Nc2nc(-c3cccs3)nc3scc(-c4ccc(OCCN5CCCCC5)cc4)c23)C1=O. The molecule has 5 heterocycles. The van der Waals surface area contributed by atoms with Crippen LogP contribution in [-0.2, 0) is 9.59 Å². The smallest absolute Gasteiger partial charge is 0.275 e. The average Bonchev–Trinajstić information content (AvgIpc) is 3.67. The number of rotatable bonds is 8. The highest BCUT2D eigenvalue weighted by molar-refractivity contribution is 7.17. The van der Waals surface area contributed by atoms with Crippen LogP contribution in [0.3, 0.4) is 0 Å². The summed E-state index contributed by atoms with van der Waals surface area (Å²) in [5.41, 5.74) is 5.28. The molecule has 1 saturated heterocycles. The van der Waals surface area contributed by atoms with E-state index >= 15 is 0 Å². The first-order valence-electron chi connectivity index (χ1n) is 12.7. The highest BCUT2D eigenvalue weighted by Gasteiger charge is 2.30. The van der Waals surface area contributed by atoms with Crippen molar-refractivity contribution >= 4 is 50.5 Å². The fraction of sp³-hybridized carbons (Fsp3) is 0.286. The Morgan fingerprint density at radius 1 is 1.03 bits per heavy atom. The van der Waals surface area contributed by atoms with Gasteiger partial charge in [-0.15, -0.1) is 22.7 Å². The summed E-state index contributed by atoms with van der Waals surface area (Å²) in [5, 5.41) is 5.77. The summed E-state index contributed by atoms with van der Waals surface area (Å²) in [4.78, 5) is 38.8. The molecule has 0 spiro atoms. The van der Waals surface area contributed by atoms with Crippen LogP contribution in [0.1, 0.15) is 26.2 Å². The number of hydrogen-bond acceptors (Lipinski definition) is 9. The summed E-state index contributed by atoms with van der Waals surface area (Å²) >= 11 is 3.04. The Balaban J connectivity index is 1.28. The number of piperidine rings is 1. The number of amides is 2. The minimum absolute atomic E-state index is 0.382. The van der Waals surface area contributed by atoms with Crippen LogP contribution in [0.25, 0.3) is 32.0 Å². The Labute approximate surface area is 228 Å². The van der Waals surface area contributed by atoms with Gasteiger partial charge in [0, 0.05) is 29.1 Å². The lowest BCUT2D eigenvalue weighted by molar-refractivity contribution is -0.135. The molecule has 1 fully saturated rings. The van der Waals surface area contributed by atoms with E-state index in [1.165, 1.54) is 48.0 Å². The number of thiophene rings is 2. The third-order valence-electron chi connectivity index (χ3n) is 6.78. The van der Waals surface area contributed by atoms with Gasteiger partial charge in [0.15, 0.2) is 11.6 Å². The van der Waals surface area contributed by atoms with Crippen LogP contribution in [0.4, 0.5) is 5.82 Å². The summed E-state index contributed by atoms with van der Waals surface area (Å²) < 4.78 is 6.01. The molecule has 2 aliphatic heterocycles. The number of aromatic nitrogens is 2. The lowest BCUT2D eigenvalue weighted by Crippen LogP contribution is -2.36. The number of imide groups is 1. The first kappa shape index (κ1) is 24.7. The Morgan fingerprint density at radius 3 is 2.55 bits per heavy atom. The summed E-state index contributed by atoms with van der Waals surface area (Å²) in [6.07, 6.45) is 5.20. The predicted molar refractivity (Wildman–Crippen MR) is 151 cm³/mol. The third-order valence-corrected chi connectivity index (χ3v) is 8.52. The van der Waals surface area contributed by atoms with E-state index in [4.69, 9.17) is 14.7 Å². The van der Waals surface area contributed by atoms with E-state index in [2.05, 4.69) is 10.3 Å².